The summed E-state index contributed by atoms with van der Waals surface area (Å²) in [5.74, 6) is 0.528. The van der Waals surface area contributed by atoms with Crippen molar-refractivity contribution in [3.63, 3.8) is 0 Å². The fourth-order valence-electron chi connectivity index (χ4n) is 1.99. The molecule has 1 aromatic carbocycles. The van der Waals surface area contributed by atoms with Crippen molar-refractivity contribution in [3.8, 4) is 17.0 Å². The van der Waals surface area contributed by atoms with Crippen molar-refractivity contribution in [2.75, 3.05) is 5.73 Å². The van der Waals surface area contributed by atoms with Crippen LogP contribution >= 0.6 is 0 Å². The predicted molar refractivity (Wildman–Crippen MR) is 64.5 cm³/mol. The van der Waals surface area contributed by atoms with E-state index in [1.54, 1.807) is 18.2 Å². The molecule has 0 aliphatic heterocycles. The van der Waals surface area contributed by atoms with Crippen molar-refractivity contribution >= 4 is 16.8 Å². The third kappa shape index (κ3) is 1.44. The SMILES string of the molecule is Cn1cc(-c2cc(N)on2)c2ccc(O)cc21. The summed E-state index contributed by atoms with van der Waals surface area (Å²) in [5.41, 5.74) is 8.07. The maximum atomic E-state index is 9.47. The smallest absolute Gasteiger partial charge is 0.222 e. The van der Waals surface area contributed by atoms with Crippen LogP contribution in [0.2, 0.25) is 0 Å². The Labute approximate surface area is 97.1 Å². The highest BCUT2D eigenvalue weighted by molar-refractivity contribution is 5.96. The number of benzene rings is 1. The summed E-state index contributed by atoms with van der Waals surface area (Å²) in [6.45, 7) is 0. The minimum absolute atomic E-state index is 0.241. The first kappa shape index (κ1) is 9.77. The normalized spacial score (nSPS) is 11.1. The number of aromatic hydroxyl groups is 1. The molecule has 17 heavy (non-hydrogen) atoms. The standard InChI is InChI=1S/C12H11N3O2/c1-15-6-9(10-5-12(13)17-14-10)8-3-2-7(16)4-11(8)15/h2-6,16H,13H2,1H3. The van der Waals surface area contributed by atoms with E-state index in [1.165, 1.54) is 0 Å². The van der Waals surface area contributed by atoms with Gasteiger partial charge in [0.25, 0.3) is 0 Å². The van der Waals surface area contributed by atoms with Crippen LogP contribution in [0.4, 0.5) is 5.88 Å². The third-order valence-corrected chi connectivity index (χ3v) is 2.78. The molecule has 0 aliphatic carbocycles. The van der Waals surface area contributed by atoms with Gasteiger partial charge in [-0.05, 0) is 12.1 Å². The van der Waals surface area contributed by atoms with Crippen LogP contribution in [0.25, 0.3) is 22.2 Å². The Bertz CT molecular complexity index is 697. The molecule has 0 saturated heterocycles. The Hall–Kier alpha value is -2.43. The van der Waals surface area contributed by atoms with E-state index in [1.807, 2.05) is 23.9 Å². The molecule has 0 spiro atoms. The summed E-state index contributed by atoms with van der Waals surface area (Å²) in [6.07, 6.45) is 1.93. The van der Waals surface area contributed by atoms with Gasteiger partial charge in [-0.2, -0.15) is 0 Å². The number of rotatable bonds is 1. The Morgan fingerprint density at radius 1 is 1.35 bits per heavy atom. The van der Waals surface area contributed by atoms with Crippen molar-refractivity contribution < 1.29 is 9.63 Å². The number of phenols is 1. The average molecular weight is 229 g/mol. The second-order valence-electron chi connectivity index (χ2n) is 3.97. The number of aromatic nitrogens is 2. The van der Waals surface area contributed by atoms with E-state index >= 15 is 0 Å². The molecule has 3 aromatic rings. The number of aryl methyl sites for hydroxylation is 1. The van der Waals surface area contributed by atoms with Gasteiger partial charge in [-0.15, -0.1) is 0 Å². The first-order valence-corrected chi connectivity index (χ1v) is 5.16. The van der Waals surface area contributed by atoms with Gasteiger partial charge < -0.3 is 19.9 Å². The molecule has 0 atom stereocenters. The summed E-state index contributed by atoms with van der Waals surface area (Å²) in [4.78, 5) is 0. The summed E-state index contributed by atoms with van der Waals surface area (Å²) in [7, 11) is 1.91. The first-order chi connectivity index (χ1) is 8.15. The predicted octanol–water partition coefficient (Wildman–Crippen LogP) is 2.12. The number of nitrogens with zero attached hydrogens (tertiary/aromatic N) is 2. The fourth-order valence-corrected chi connectivity index (χ4v) is 1.99. The maximum absolute atomic E-state index is 9.47. The van der Waals surface area contributed by atoms with Crippen molar-refractivity contribution in [3.05, 3.63) is 30.5 Å². The van der Waals surface area contributed by atoms with Crippen LogP contribution in [0.15, 0.2) is 35.0 Å². The van der Waals surface area contributed by atoms with E-state index in [0.717, 1.165) is 16.5 Å². The summed E-state index contributed by atoms with van der Waals surface area (Å²) < 4.78 is 6.80. The molecule has 86 valence electrons. The summed E-state index contributed by atoms with van der Waals surface area (Å²) in [5, 5.41) is 14.4. The van der Waals surface area contributed by atoms with E-state index in [4.69, 9.17) is 10.3 Å². The molecule has 0 bridgehead atoms. The summed E-state index contributed by atoms with van der Waals surface area (Å²) in [6, 6.07) is 6.89. The Kier molecular flexibility index (Phi) is 1.89. The van der Waals surface area contributed by atoms with Crippen LogP contribution in [-0.2, 0) is 7.05 Å². The van der Waals surface area contributed by atoms with Crippen molar-refractivity contribution in [2.45, 2.75) is 0 Å². The van der Waals surface area contributed by atoms with Gasteiger partial charge in [0.1, 0.15) is 11.4 Å². The van der Waals surface area contributed by atoms with E-state index < -0.39 is 0 Å². The molecule has 5 heteroatoms. The van der Waals surface area contributed by atoms with E-state index in [9.17, 15) is 5.11 Å². The Balaban J connectivity index is 2.31. The van der Waals surface area contributed by atoms with E-state index in [0.29, 0.717) is 5.69 Å². The monoisotopic (exact) mass is 229 g/mol. The van der Waals surface area contributed by atoms with Gasteiger partial charge in [0.05, 0.1) is 5.52 Å². The number of hydrogen-bond donors (Lipinski definition) is 2. The van der Waals surface area contributed by atoms with Crippen molar-refractivity contribution in [1.29, 1.82) is 0 Å². The molecule has 0 amide bonds. The molecule has 0 unspecified atom stereocenters. The zero-order valence-electron chi connectivity index (χ0n) is 9.21. The van der Waals surface area contributed by atoms with Gasteiger partial charge in [0.15, 0.2) is 0 Å². The first-order valence-electron chi connectivity index (χ1n) is 5.16. The van der Waals surface area contributed by atoms with Gasteiger partial charge in [-0.3, -0.25) is 0 Å². The summed E-state index contributed by atoms with van der Waals surface area (Å²) >= 11 is 0. The van der Waals surface area contributed by atoms with Crippen LogP contribution in [0.5, 0.6) is 5.75 Å². The zero-order valence-corrected chi connectivity index (χ0v) is 9.21. The molecule has 2 heterocycles. The number of nitrogens with two attached hydrogens (primary N) is 1. The van der Waals surface area contributed by atoms with E-state index in [2.05, 4.69) is 5.16 Å². The van der Waals surface area contributed by atoms with Gasteiger partial charge in [-0.25, -0.2) is 0 Å². The number of fused-ring (bicyclic) bond motifs is 1. The minimum Gasteiger partial charge on any atom is -0.508 e. The molecule has 0 fully saturated rings. The van der Waals surface area contributed by atoms with Crippen LogP contribution in [0.1, 0.15) is 0 Å². The zero-order chi connectivity index (χ0) is 12.0. The van der Waals surface area contributed by atoms with E-state index in [-0.39, 0.29) is 11.6 Å². The second-order valence-corrected chi connectivity index (χ2v) is 3.97. The fraction of sp³-hybridized carbons (Fsp3) is 0.0833. The molecular weight excluding hydrogens is 218 g/mol. The minimum atomic E-state index is 0.241. The number of nitrogen functional groups attached to an aromatic ring is 1. The quantitative estimate of drug-likeness (QED) is 0.670. The van der Waals surface area contributed by atoms with Gasteiger partial charge in [0, 0.05) is 36.3 Å². The van der Waals surface area contributed by atoms with Gasteiger partial charge >= 0.3 is 0 Å². The van der Waals surface area contributed by atoms with Crippen LogP contribution in [0, 0.1) is 0 Å². The lowest BCUT2D eigenvalue weighted by atomic mass is 10.1. The van der Waals surface area contributed by atoms with Gasteiger partial charge in [0.2, 0.25) is 5.88 Å². The third-order valence-electron chi connectivity index (χ3n) is 2.78. The lowest BCUT2D eigenvalue weighted by Gasteiger charge is -1.96. The van der Waals surface area contributed by atoms with Gasteiger partial charge in [-0.1, -0.05) is 5.16 Å². The Morgan fingerprint density at radius 2 is 2.18 bits per heavy atom. The Morgan fingerprint density at radius 3 is 2.88 bits per heavy atom. The molecule has 3 N–H and O–H groups in total. The van der Waals surface area contributed by atoms with Crippen LogP contribution in [0.3, 0.4) is 0 Å². The molecule has 0 aliphatic rings. The number of phenolic OH excluding ortho intramolecular Hbond substituents is 1. The number of hydrogen-bond acceptors (Lipinski definition) is 4. The van der Waals surface area contributed by atoms with Crippen molar-refractivity contribution in [2.24, 2.45) is 7.05 Å². The molecule has 3 rings (SSSR count). The molecular formula is C12H11N3O2. The maximum Gasteiger partial charge on any atom is 0.222 e. The topological polar surface area (TPSA) is 77.2 Å². The second kappa shape index (κ2) is 3.28. The molecule has 2 aromatic heterocycles. The van der Waals surface area contributed by atoms with Crippen LogP contribution < -0.4 is 5.73 Å². The van der Waals surface area contributed by atoms with Crippen LogP contribution in [-0.4, -0.2) is 14.8 Å². The lowest BCUT2D eigenvalue weighted by molar-refractivity contribution is 0.439. The highest BCUT2D eigenvalue weighted by Crippen LogP contribution is 2.31. The highest BCUT2D eigenvalue weighted by atomic mass is 16.5. The lowest BCUT2D eigenvalue weighted by Crippen LogP contribution is -1.82. The molecule has 0 saturated carbocycles. The molecule has 0 radical (unpaired) electrons. The largest absolute Gasteiger partial charge is 0.508 e. The number of anilines is 1. The molecule has 5 nitrogen and oxygen atoms in total. The highest BCUT2D eigenvalue weighted by Gasteiger charge is 2.12. The van der Waals surface area contributed by atoms with Crippen molar-refractivity contribution in [1.82, 2.24) is 9.72 Å². The average Bonchev–Trinajstić information content (AvgIpc) is 2.84.